The van der Waals surface area contributed by atoms with Gasteiger partial charge >= 0.3 is 0 Å². The van der Waals surface area contributed by atoms with E-state index in [0.717, 1.165) is 5.52 Å². The van der Waals surface area contributed by atoms with Gasteiger partial charge in [0.2, 0.25) is 5.91 Å². The average molecular weight is 217 g/mol. The van der Waals surface area contributed by atoms with Gasteiger partial charge in [0.1, 0.15) is 0 Å². The minimum absolute atomic E-state index is 0.144. The Balaban J connectivity index is 2.25. The Bertz CT molecular complexity index is 516. The highest BCUT2D eigenvalue weighted by atomic mass is 16.2. The molecule has 4 heteroatoms. The molecule has 0 fully saturated rings. The first-order valence-electron chi connectivity index (χ1n) is 5.26. The van der Waals surface area contributed by atoms with E-state index in [1.807, 2.05) is 12.3 Å². The van der Waals surface area contributed by atoms with E-state index in [9.17, 15) is 4.79 Å². The second-order valence-corrected chi connectivity index (χ2v) is 3.83. The number of hydrazine groups is 1. The molecule has 1 heterocycles. The maximum atomic E-state index is 11.1. The first-order chi connectivity index (χ1) is 7.72. The molecule has 2 aromatic rings. The Morgan fingerprint density at radius 1 is 1.44 bits per heavy atom. The maximum absolute atomic E-state index is 11.1. The number of aryl methyl sites for hydroxylation is 2. The van der Waals surface area contributed by atoms with E-state index in [-0.39, 0.29) is 5.91 Å². The molecule has 0 unspecified atom stereocenters. The van der Waals surface area contributed by atoms with Crippen molar-refractivity contribution in [3.8, 4) is 0 Å². The lowest BCUT2D eigenvalue weighted by atomic mass is 10.1. The van der Waals surface area contributed by atoms with E-state index >= 15 is 0 Å². The molecule has 1 aromatic heterocycles. The summed E-state index contributed by atoms with van der Waals surface area (Å²) < 4.78 is 2.07. The summed E-state index contributed by atoms with van der Waals surface area (Å²) in [5.74, 6) is 4.90. The van der Waals surface area contributed by atoms with Crippen molar-refractivity contribution in [2.75, 3.05) is 0 Å². The molecule has 0 saturated carbocycles. The molecule has 0 saturated heterocycles. The summed E-state index contributed by atoms with van der Waals surface area (Å²) in [6.07, 6.45) is 2.40. The first kappa shape index (κ1) is 10.7. The summed E-state index contributed by atoms with van der Waals surface area (Å²) in [6.45, 7) is 2.73. The van der Waals surface area contributed by atoms with E-state index < -0.39 is 0 Å². The monoisotopic (exact) mass is 217 g/mol. The molecule has 0 radical (unpaired) electrons. The standard InChI is InChI=1S/C12H15N3O/c1-9-3-2-4-11-10(9)5-7-15(11)8-6-12(16)14-13/h2-5,7H,6,8,13H2,1H3,(H,14,16). The third-order valence-electron chi connectivity index (χ3n) is 2.77. The molecule has 0 aliphatic rings. The number of benzene rings is 1. The van der Waals surface area contributed by atoms with Gasteiger partial charge < -0.3 is 4.57 Å². The van der Waals surface area contributed by atoms with E-state index in [4.69, 9.17) is 5.84 Å². The summed E-state index contributed by atoms with van der Waals surface area (Å²) in [4.78, 5) is 11.1. The van der Waals surface area contributed by atoms with Crippen LogP contribution in [-0.2, 0) is 11.3 Å². The number of fused-ring (bicyclic) bond motifs is 1. The lowest BCUT2D eigenvalue weighted by Gasteiger charge is -2.05. The number of nitrogens with two attached hydrogens (primary N) is 1. The molecule has 1 amide bonds. The molecular formula is C12H15N3O. The molecular weight excluding hydrogens is 202 g/mol. The lowest BCUT2D eigenvalue weighted by molar-refractivity contribution is -0.121. The van der Waals surface area contributed by atoms with Gasteiger partial charge in [-0.05, 0) is 24.6 Å². The summed E-state index contributed by atoms with van der Waals surface area (Å²) in [5.41, 5.74) is 4.54. The molecule has 0 aliphatic heterocycles. The van der Waals surface area contributed by atoms with Crippen LogP contribution in [0.4, 0.5) is 0 Å². The van der Waals surface area contributed by atoms with Crippen LogP contribution in [0.2, 0.25) is 0 Å². The summed E-state index contributed by atoms with van der Waals surface area (Å²) in [7, 11) is 0. The number of hydrogen-bond donors (Lipinski definition) is 2. The number of carbonyl (C=O) groups excluding carboxylic acids is 1. The largest absolute Gasteiger partial charge is 0.347 e. The zero-order chi connectivity index (χ0) is 11.5. The van der Waals surface area contributed by atoms with Crippen LogP contribution in [-0.4, -0.2) is 10.5 Å². The van der Waals surface area contributed by atoms with E-state index in [0.29, 0.717) is 13.0 Å². The molecule has 0 bridgehead atoms. The fraction of sp³-hybridized carbons (Fsp3) is 0.250. The van der Waals surface area contributed by atoms with Crippen molar-refractivity contribution in [3.63, 3.8) is 0 Å². The third-order valence-corrected chi connectivity index (χ3v) is 2.77. The summed E-state index contributed by atoms with van der Waals surface area (Å²) in [6, 6.07) is 8.24. The SMILES string of the molecule is Cc1cccc2c1ccn2CCC(=O)NN. The molecule has 84 valence electrons. The predicted octanol–water partition coefficient (Wildman–Crippen LogP) is 1.33. The van der Waals surface area contributed by atoms with Gasteiger partial charge in [0, 0.05) is 30.1 Å². The van der Waals surface area contributed by atoms with Gasteiger partial charge in [-0.25, -0.2) is 5.84 Å². The van der Waals surface area contributed by atoms with Crippen molar-refractivity contribution in [2.24, 2.45) is 5.84 Å². The Morgan fingerprint density at radius 2 is 2.25 bits per heavy atom. The van der Waals surface area contributed by atoms with Gasteiger partial charge in [-0.2, -0.15) is 0 Å². The van der Waals surface area contributed by atoms with Gasteiger partial charge in [0.05, 0.1) is 0 Å². The van der Waals surface area contributed by atoms with Gasteiger partial charge in [-0.3, -0.25) is 10.2 Å². The number of aromatic nitrogens is 1. The predicted molar refractivity (Wildman–Crippen MR) is 63.6 cm³/mol. The highest BCUT2D eigenvalue weighted by Gasteiger charge is 2.04. The summed E-state index contributed by atoms with van der Waals surface area (Å²) >= 11 is 0. The van der Waals surface area contributed by atoms with Crippen molar-refractivity contribution >= 4 is 16.8 Å². The average Bonchev–Trinajstić information content (AvgIpc) is 2.70. The summed E-state index contributed by atoms with van der Waals surface area (Å²) in [5, 5.41) is 1.23. The molecule has 1 aromatic carbocycles. The van der Waals surface area contributed by atoms with Crippen molar-refractivity contribution in [1.29, 1.82) is 0 Å². The third kappa shape index (κ3) is 1.92. The number of rotatable bonds is 3. The highest BCUT2D eigenvalue weighted by Crippen LogP contribution is 2.19. The number of nitrogens with zero attached hydrogens (tertiary/aromatic N) is 1. The molecule has 4 nitrogen and oxygen atoms in total. The van der Waals surface area contributed by atoms with Crippen molar-refractivity contribution < 1.29 is 4.79 Å². The minimum Gasteiger partial charge on any atom is -0.347 e. The quantitative estimate of drug-likeness (QED) is 0.463. The first-order valence-corrected chi connectivity index (χ1v) is 5.26. The number of hydrogen-bond acceptors (Lipinski definition) is 2. The molecule has 2 rings (SSSR count). The second-order valence-electron chi connectivity index (χ2n) is 3.83. The van der Waals surface area contributed by atoms with Gasteiger partial charge in [-0.1, -0.05) is 12.1 Å². The van der Waals surface area contributed by atoms with Crippen molar-refractivity contribution in [1.82, 2.24) is 9.99 Å². The maximum Gasteiger partial charge on any atom is 0.235 e. The van der Waals surface area contributed by atoms with Gasteiger partial charge in [0.25, 0.3) is 0 Å². The van der Waals surface area contributed by atoms with E-state index in [1.165, 1.54) is 10.9 Å². The van der Waals surface area contributed by atoms with Crippen LogP contribution in [0.3, 0.4) is 0 Å². The highest BCUT2D eigenvalue weighted by molar-refractivity contribution is 5.83. The van der Waals surface area contributed by atoms with Crippen LogP contribution in [0.15, 0.2) is 30.5 Å². The molecule has 0 atom stereocenters. The molecule has 0 spiro atoms. The smallest absolute Gasteiger partial charge is 0.235 e. The molecule has 0 aliphatic carbocycles. The lowest BCUT2D eigenvalue weighted by Crippen LogP contribution is -2.30. The van der Waals surface area contributed by atoms with Gasteiger partial charge in [-0.15, -0.1) is 0 Å². The van der Waals surface area contributed by atoms with Crippen molar-refractivity contribution in [3.05, 3.63) is 36.0 Å². The zero-order valence-corrected chi connectivity index (χ0v) is 9.23. The van der Waals surface area contributed by atoms with Crippen LogP contribution >= 0.6 is 0 Å². The topological polar surface area (TPSA) is 60.0 Å². The van der Waals surface area contributed by atoms with Crippen LogP contribution in [0.25, 0.3) is 10.9 Å². The minimum atomic E-state index is -0.144. The van der Waals surface area contributed by atoms with Crippen LogP contribution in [0.1, 0.15) is 12.0 Å². The van der Waals surface area contributed by atoms with Crippen molar-refractivity contribution in [2.45, 2.75) is 19.9 Å². The Kier molecular flexibility index (Phi) is 2.92. The van der Waals surface area contributed by atoms with Crippen LogP contribution < -0.4 is 11.3 Å². The Morgan fingerprint density at radius 3 is 3.00 bits per heavy atom. The molecule has 3 N–H and O–H groups in total. The molecule has 16 heavy (non-hydrogen) atoms. The number of amides is 1. The Hall–Kier alpha value is -1.81. The normalized spacial score (nSPS) is 10.6. The van der Waals surface area contributed by atoms with Crippen LogP contribution in [0, 0.1) is 6.92 Å². The van der Waals surface area contributed by atoms with Crippen LogP contribution in [0.5, 0.6) is 0 Å². The van der Waals surface area contributed by atoms with E-state index in [1.54, 1.807) is 0 Å². The fourth-order valence-corrected chi connectivity index (χ4v) is 1.87. The Labute approximate surface area is 94.0 Å². The fourth-order valence-electron chi connectivity index (χ4n) is 1.87. The zero-order valence-electron chi connectivity index (χ0n) is 9.23. The number of nitrogens with one attached hydrogen (secondary N) is 1. The van der Waals surface area contributed by atoms with E-state index in [2.05, 4.69) is 35.1 Å². The number of carbonyl (C=O) groups is 1. The van der Waals surface area contributed by atoms with Gasteiger partial charge in [0.15, 0.2) is 0 Å². The second kappa shape index (κ2) is 4.37.